The van der Waals surface area contributed by atoms with Crippen molar-refractivity contribution in [3.63, 3.8) is 0 Å². The number of methoxy groups -OCH3 is 1. The Morgan fingerprint density at radius 3 is 2.48 bits per heavy atom. The van der Waals surface area contributed by atoms with Gasteiger partial charge >= 0.3 is 0 Å². The summed E-state index contributed by atoms with van der Waals surface area (Å²) in [5.74, 6) is 1.92. The molecule has 1 unspecified atom stereocenters. The van der Waals surface area contributed by atoms with E-state index in [1.54, 1.807) is 7.11 Å². The normalized spacial score (nSPS) is 20.4. The Balaban J connectivity index is 2.06. The van der Waals surface area contributed by atoms with Gasteiger partial charge in [0.05, 0.1) is 0 Å². The van der Waals surface area contributed by atoms with Crippen LogP contribution in [0.4, 0.5) is 0 Å². The van der Waals surface area contributed by atoms with Crippen molar-refractivity contribution in [2.75, 3.05) is 7.11 Å². The molecule has 1 fully saturated rings. The molecule has 1 atom stereocenters. The third-order valence-corrected chi connectivity index (χ3v) is 4.39. The summed E-state index contributed by atoms with van der Waals surface area (Å²) < 4.78 is 11.2. The van der Waals surface area contributed by atoms with Crippen LogP contribution < -0.4 is 5.73 Å². The minimum absolute atomic E-state index is 0.0749. The molecule has 0 aliphatic heterocycles. The fourth-order valence-electron chi connectivity index (χ4n) is 3.25. The van der Waals surface area contributed by atoms with Gasteiger partial charge in [0.1, 0.15) is 5.60 Å². The molecule has 0 bridgehead atoms. The number of hydrogen-bond acceptors (Lipinski definition) is 5. The van der Waals surface area contributed by atoms with Crippen molar-refractivity contribution >= 4 is 0 Å². The Morgan fingerprint density at radius 2 is 1.90 bits per heavy atom. The van der Waals surface area contributed by atoms with Gasteiger partial charge in [-0.3, -0.25) is 0 Å². The first-order valence-electron chi connectivity index (χ1n) is 8.19. The molecule has 1 aliphatic carbocycles. The number of ether oxygens (including phenoxy) is 1. The number of aromatic nitrogens is 2. The van der Waals surface area contributed by atoms with E-state index in [-0.39, 0.29) is 11.6 Å². The van der Waals surface area contributed by atoms with Crippen LogP contribution in [0.25, 0.3) is 0 Å². The molecule has 5 nitrogen and oxygen atoms in total. The molecule has 0 radical (unpaired) electrons. The fraction of sp³-hybridized carbons (Fsp3) is 0.875. The lowest BCUT2D eigenvalue weighted by Crippen LogP contribution is -2.29. The number of nitrogens with zero attached hydrogens (tertiary/aromatic N) is 2. The first kappa shape index (κ1) is 16.4. The minimum Gasteiger partial charge on any atom is -0.370 e. The molecule has 0 aromatic carbocycles. The van der Waals surface area contributed by atoms with Crippen LogP contribution in [-0.4, -0.2) is 23.3 Å². The summed E-state index contributed by atoms with van der Waals surface area (Å²) in [5.41, 5.74) is 5.77. The monoisotopic (exact) mass is 295 g/mol. The van der Waals surface area contributed by atoms with E-state index >= 15 is 0 Å². The SMILES string of the molecule is COC1(c2noc(CC(N)CC(C)C)n2)CCCCCC1. The number of rotatable bonds is 6. The van der Waals surface area contributed by atoms with Crippen LogP contribution in [0.15, 0.2) is 4.52 Å². The predicted octanol–water partition coefficient (Wildman–Crippen LogP) is 3.18. The van der Waals surface area contributed by atoms with Gasteiger partial charge < -0.3 is 15.0 Å². The zero-order valence-electron chi connectivity index (χ0n) is 13.6. The van der Waals surface area contributed by atoms with Crippen LogP contribution in [0, 0.1) is 5.92 Å². The molecule has 21 heavy (non-hydrogen) atoms. The Bertz CT molecular complexity index is 423. The van der Waals surface area contributed by atoms with E-state index in [9.17, 15) is 0 Å². The highest BCUT2D eigenvalue weighted by Gasteiger charge is 2.37. The zero-order valence-corrected chi connectivity index (χ0v) is 13.6. The van der Waals surface area contributed by atoms with Gasteiger partial charge in [0, 0.05) is 19.6 Å². The summed E-state index contributed by atoms with van der Waals surface area (Å²) in [6.45, 7) is 4.34. The topological polar surface area (TPSA) is 74.2 Å². The van der Waals surface area contributed by atoms with E-state index in [2.05, 4.69) is 24.0 Å². The molecule has 2 N–H and O–H groups in total. The summed E-state index contributed by atoms with van der Waals surface area (Å²) in [5, 5.41) is 4.19. The molecule has 5 heteroatoms. The first-order valence-corrected chi connectivity index (χ1v) is 8.19. The van der Waals surface area contributed by atoms with Crippen molar-refractivity contribution in [1.82, 2.24) is 10.1 Å². The summed E-state index contributed by atoms with van der Waals surface area (Å²) in [6.07, 6.45) is 8.39. The van der Waals surface area contributed by atoms with Crippen LogP contribution >= 0.6 is 0 Å². The lowest BCUT2D eigenvalue weighted by Gasteiger charge is -2.27. The number of hydrogen-bond donors (Lipinski definition) is 1. The molecule has 120 valence electrons. The van der Waals surface area contributed by atoms with Crippen molar-refractivity contribution in [1.29, 1.82) is 0 Å². The van der Waals surface area contributed by atoms with Gasteiger partial charge in [0.25, 0.3) is 0 Å². The van der Waals surface area contributed by atoms with Gasteiger partial charge in [-0.25, -0.2) is 0 Å². The molecule has 2 rings (SSSR count). The lowest BCUT2D eigenvalue weighted by molar-refractivity contribution is -0.0365. The van der Waals surface area contributed by atoms with Gasteiger partial charge in [-0.05, 0) is 25.2 Å². The Hall–Kier alpha value is -0.940. The standard InChI is InChI=1S/C16H29N3O2/c1-12(2)10-13(17)11-14-18-15(19-21-14)16(20-3)8-6-4-5-7-9-16/h12-13H,4-11,17H2,1-3H3. The maximum atomic E-state index is 6.13. The lowest BCUT2D eigenvalue weighted by atomic mass is 9.93. The minimum atomic E-state index is -0.361. The van der Waals surface area contributed by atoms with Gasteiger partial charge in [-0.1, -0.05) is 44.7 Å². The van der Waals surface area contributed by atoms with E-state index in [0.29, 0.717) is 24.1 Å². The molecule has 1 saturated carbocycles. The Kier molecular flexibility index (Phi) is 5.76. The Morgan fingerprint density at radius 1 is 1.24 bits per heavy atom. The molecule has 0 amide bonds. The van der Waals surface area contributed by atoms with Crippen molar-refractivity contribution in [3.05, 3.63) is 11.7 Å². The molecular formula is C16H29N3O2. The maximum Gasteiger partial charge on any atom is 0.228 e. The third kappa shape index (κ3) is 4.27. The van der Waals surface area contributed by atoms with Gasteiger partial charge in [-0.15, -0.1) is 0 Å². The first-order chi connectivity index (χ1) is 10.1. The molecule has 0 saturated heterocycles. The van der Waals surface area contributed by atoms with Crippen LogP contribution in [0.1, 0.15) is 70.5 Å². The average Bonchev–Trinajstić information content (AvgIpc) is 2.75. The summed E-state index contributed by atoms with van der Waals surface area (Å²) >= 11 is 0. The molecule has 1 aliphatic rings. The van der Waals surface area contributed by atoms with Gasteiger partial charge in [-0.2, -0.15) is 4.98 Å². The Labute approximate surface area is 127 Å². The largest absolute Gasteiger partial charge is 0.370 e. The van der Waals surface area contributed by atoms with Crippen molar-refractivity contribution in [2.45, 2.75) is 76.9 Å². The number of nitrogens with two attached hydrogens (primary N) is 1. The molecule has 0 spiro atoms. The van der Waals surface area contributed by atoms with Gasteiger partial charge in [0.15, 0.2) is 0 Å². The van der Waals surface area contributed by atoms with Crippen molar-refractivity contribution in [2.24, 2.45) is 11.7 Å². The molecule has 1 aromatic rings. The second-order valence-corrected chi connectivity index (χ2v) is 6.72. The molecular weight excluding hydrogens is 266 g/mol. The van der Waals surface area contributed by atoms with Crippen LogP contribution in [-0.2, 0) is 16.8 Å². The van der Waals surface area contributed by atoms with Gasteiger partial charge in [0.2, 0.25) is 11.7 Å². The highest BCUT2D eigenvalue weighted by atomic mass is 16.5. The second kappa shape index (κ2) is 7.36. The summed E-state index contributed by atoms with van der Waals surface area (Å²) in [6, 6.07) is 0.0749. The van der Waals surface area contributed by atoms with Crippen LogP contribution in [0.3, 0.4) is 0 Å². The summed E-state index contributed by atoms with van der Waals surface area (Å²) in [7, 11) is 1.76. The van der Waals surface area contributed by atoms with Crippen LogP contribution in [0.2, 0.25) is 0 Å². The maximum absolute atomic E-state index is 6.13. The fourth-order valence-corrected chi connectivity index (χ4v) is 3.25. The van der Waals surface area contributed by atoms with E-state index in [4.69, 9.17) is 15.0 Å². The van der Waals surface area contributed by atoms with Crippen LogP contribution in [0.5, 0.6) is 0 Å². The van der Waals surface area contributed by atoms with Crippen molar-refractivity contribution in [3.8, 4) is 0 Å². The zero-order chi connectivity index (χ0) is 15.3. The quantitative estimate of drug-likeness (QED) is 0.816. The van der Waals surface area contributed by atoms with E-state index < -0.39 is 0 Å². The smallest absolute Gasteiger partial charge is 0.228 e. The second-order valence-electron chi connectivity index (χ2n) is 6.72. The van der Waals surface area contributed by atoms with E-state index in [1.165, 1.54) is 12.8 Å². The highest BCUT2D eigenvalue weighted by molar-refractivity contribution is 5.03. The average molecular weight is 295 g/mol. The molecule has 1 heterocycles. The van der Waals surface area contributed by atoms with Crippen molar-refractivity contribution < 1.29 is 9.26 Å². The summed E-state index contributed by atoms with van der Waals surface area (Å²) in [4.78, 5) is 4.58. The van der Waals surface area contributed by atoms with E-state index in [0.717, 1.165) is 32.1 Å². The third-order valence-electron chi connectivity index (χ3n) is 4.39. The predicted molar refractivity (Wildman–Crippen MR) is 81.8 cm³/mol. The van der Waals surface area contributed by atoms with E-state index in [1.807, 2.05) is 0 Å². The molecule has 1 aromatic heterocycles. The highest BCUT2D eigenvalue weighted by Crippen LogP contribution is 2.37.